The SMILES string of the molecule is COc1cc(C)c(-c2cc(O)cc3c2C(=O)C2=C(C3=O)C(C)(C)c3cc(O)cc(O)c3C2=O)c(OC)c1Cl. The molecule has 0 spiro atoms. The normalized spacial score (nSPS) is 15.7. The van der Waals surface area contributed by atoms with Gasteiger partial charge in [-0.05, 0) is 42.3 Å². The summed E-state index contributed by atoms with van der Waals surface area (Å²) in [5.74, 6) is -2.79. The fourth-order valence-corrected chi connectivity index (χ4v) is 5.86. The number of phenols is 3. The van der Waals surface area contributed by atoms with E-state index >= 15 is 0 Å². The lowest BCUT2D eigenvalue weighted by atomic mass is 9.62. The van der Waals surface area contributed by atoms with Gasteiger partial charge in [0.2, 0.25) is 5.78 Å². The second-order valence-electron chi connectivity index (χ2n) is 9.78. The first-order chi connectivity index (χ1) is 17.8. The Morgan fingerprint density at radius 2 is 1.37 bits per heavy atom. The second-order valence-corrected chi connectivity index (χ2v) is 10.2. The molecule has 0 aliphatic heterocycles. The summed E-state index contributed by atoms with van der Waals surface area (Å²) in [4.78, 5) is 41.9. The molecule has 2 aliphatic carbocycles. The molecule has 0 heterocycles. The van der Waals surface area contributed by atoms with Gasteiger partial charge in [0.15, 0.2) is 11.6 Å². The third-order valence-corrected chi connectivity index (χ3v) is 7.59. The van der Waals surface area contributed by atoms with Crippen molar-refractivity contribution in [2.24, 2.45) is 0 Å². The molecule has 9 heteroatoms. The molecular weight excluding hydrogens is 512 g/mol. The van der Waals surface area contributed by atoms with Gasteiger partial charge in [-0.2, -0.15) is 0 Å². The van der Waals surface area contributed by atoms with E-state index in [1.54, 1.807) is 26.8 Å². The summed E-state index contributed by atoms with van der Waals surface area (Å²) < 4.78 is 10.9. The van der Waals surface area contributed by atoms with Gasteiger partial charge in [0.1, 0.15) is 33.8 Å². The molecule has 3 aromatic rings. The zero-order valence-electron chi connectivity index (χ0n) is 21.1. The fourth-order valence-electron chi connectivity index (χ4n) is 5.56. The maximum atomic E-state index is 14.2. The Labute approximate surface area is 222 Å². The number of hydrogen-bond donors (Lipinski definition) is 3. The van der Waals surface area contributed by atoms with Crippen LogP contribution in [0.4, 0.5) is 0 Å². The molecule has 0 saturated heterocycles. The molecule has 194 valence electrons. The Hall–Kier alpha value is -4.30. The summed E-state index contributed by atoms with van der Waals surface area (Å²) in [5, 5.41) is 31.4. The summed E-state index contributed by atoms with van der Waals surface area (Å²) in [5.41, 5.74) is -0.755. The average Bonchev–Trinajstić information content (AvgIpc) is 2.84. The van der Waals surface area contributed by atoms with E-state index < -0.39 is 28.5 Å². The molecule has 0 amide bonds. The minimum absolute atomic E-state index is 0.0782. The number of fused-ring (bicyclic) bond motifs is 2. The van der Waals surface area contributed by atoms with Gasteiger partial charge >= 0.3 is 0 Å². The summed E-state index contributed by atoms with van der Waals surface area (Å²) in [6, 6.07) is 6.44. The topological polar surface area (TPSA) is 130 Å². The number of Topliss-reactive ketones (excluding diaryl/α,β-unsaturated/α-hetero) is 3. The maximum Gasteiger partial charge on any atom is 0.201 e. The average molecular weight is 535 g/mol. The molecule has 8 nitrogen and oxygen atoms in total. The molecule has 5 rings (SSSR count). The number of benzene rings is 3. The number of aromatic hydroxyl groups is 3. The zero-order chi connectivity index (χ0) is 27.8. The van der Waals surface area contributed by atoms with Crippen molar-refractivity contribution < 1.29 is 39.2 Å². The van der Waals surface area contributed by atoms with Gasteiger partial charge < -0.3 is 24.8 Å². The van der Waals surface area contributed by atoms with Crippen LogP contribution in [0, 0.1) is 6.92 Å². The lowest BCUT2D eigenvalue weighted by molar-refractivity contribution is 0.0909. The molecule has 0 radical (unpaired) electrons. The first kappa shape index (κ1) is 25.4. The van der Waals surface area contributed by atoms with Crippen LogP contribution in [0.2, 0.25) is 5.02 Å². The van der Waals surface area contributed by atoms with Crippen molar-refractivity contribution in [2.75, 3.05) is 14.2 Å². The highest BCUT2D eigenvalue weighted by Crippen LogP contribution is 2.52. The Bertz CT molecular complexity index is 1660. The largest absolute Gasteiger partial charge is 0.508 e. The van der Waals surface area contributed by atoms with Crippen molar-refractivity contribution in [3.8, 4) is 39.9 Å². The predicted molar refractivity (Wildman–Crippen MR) is 139 cm³/mol. The number of carbonyl (C=O) groups excluding carboxylic acids is 3. The summed E-state index contributed by atoms with van der Waals surface area (Å²) in [7, 11) is 2.82. The quantitative estimate of drug-likeness (QED) is 0.386. The Kier molecular flexibility index (Phi) is 5.58. The van der Waals surface area contributed by atoms with E-state index in [2.05, 4.69) is 0 Å². The van der Waals surface area contributed by atoms with E-state index in [9.17, 15) is 29.7 Å². The standard InChI is InChI=1S/C29H23ClO8/c1-11-6-18(37-4)24(30)28(38-5)19(11)14-7-12(31)8-15-20(14)26(35)22-23(25(15)34)29(2,3)16-9-13(32)10-17(33)21(16)27(22)36/h6-10,31-33H,1-5H3. The lowest BCUT2D eigenvalue weighted by Gasteiger charge is -2.38. The highest BCUT2D eigenvalue weighted by Gasteiger charge is 2.50. The Balaban J connectivity index is 1.86. The van der Waals surface area contributed by atoms with Gasteiger partial charge in [-0.25, -0.2) is 0 Å². The van der Waals surface area contributed by atoms with Gasteiger partial charge in [-0.1, -0.05) is 25.4 Å². The van der Waals surface area contributed by atoms with Gasteiger partial charge in [0.05, 0.1) is 25.4 Å². The van der Waals surface area contributed by atoms with Crippen molar-refractivity contribution in [1.29, 1.82) is 0 Å². The smallest absolute Gasteiger partial charge is 0.201 e. The third-order valence-electron chi connectivity index (χ3n) is 7.23. The van der Waals surface area contributed by atoms with Crippen molar-refractivity contribution in [2.45, 2.75) is 26.2 Å². The number of halogens is 1. The molecule has 38 heavy (non-hydrogen) atoms. The Morgan fingerprint density at radius 3 is 2.00 bits per heavy atom. The van der Waals surface area contributed by atoms with Crippen LogP contribution in [0.1, 0.15) is 56.0 Å². The summed E-state index contributed by atoms with van der Waals surface area (Å²) in [6.07, 6.45) is 0. The van der Waals surface area contributed by atoms with Crippen LogP contribution in [0.5, 0.6) is 28.7 Å². The number of ether oxygens (including phenoxy) is 2. The minimum atomic E-state index is -1.23. The highest BCUT2D eigenvalue weighted by molar-refractivity contribution is 6.42. The van der Waals surface area contributed by atoms with E-state index in [0.717, 1.165) is 6.07 Å². The molecule has 3 aromatic carbocycles. The first-order valence-corrected chi connectivity index (χ1v) is 12.0. The van der Waals surface area contributed by atoms with Crippen LogP contribution in [0.3, 0.4) is 0 Å². The van der Waals surface area contributed by atoms with Crippen LogP contribution in [0.25, 0.3) is 11.1 Å². The van der Waals surface area contributed by atoms with E-state index in [-0.39, 0.29) is 61.2 Å². The number of phenolic OH excluding ortho intramolecular Hbond substituents is 3. The number of allylic oxidation sites excluding steroid dienone is 2. The lowest BCUT2D eigenvalue weighted by Crippen LogP contribution is -2.40. The monoisotopic (exact) mass is 534 g/mol. The van der Waals surface area contributed by atoms with Crippen LogP contribution in [-0.2, 0) is 5.41 Å². The molecular formula is C29H23ClO8. The highest BCUT2D eigenvalue weighted by atomic mass is 35.5. The number of aryl methyl sites for hydroxylation is 1. The van der Waals surface area contributed by atoms with Crippen LogP contribution < -0.4 is 9.47 Å². The molecule has 0 atom stereocenters. The van der Waals surface area contributed by atoms with E-state index in [1.165, 1.54) is 32.4 Å². The number of hydrogen-bond acceptors (Lipinski definition) is 8. The number of methoxy groups -OCH3 is 2. The van der Waals surface area contributed by atoms with Gasteiger partial charge in [0, 0.05) is 39.3 Å². The fraction of sp³-hybridized carbons (Fsp3) is 0.207. The molecule has 2 aliphatic rings. The van der Waals surface area contributed by atoms with E-state index in [0.29, 0.717) is 16.9 Å². The molecule has 0 saturated carbocycles. The van der Waals surface area contributed by atoms with Crippen LogP contribution in [-0.4, -0.2) is 46.9 Å². The first-order valence-electron chi connectivity index (χ1n) is 11.6. The number of ketones is 3. The Morgan fingerprint density at radius 1 is 0.763 bits per heavy atom. The molecule has 0 unspecified atom stereocenters. The van der Waals surface area contributed by atoms with Gasteiger partial charge in [-0.15, -0.1) is 0 Å². The van der Waals surface area contributed by atoms with Crippen molar-refractivity contribution >= 4 is 29.0 Å². The minimum Gasteiger partial charge on any atom is -0.508 e. The maximum absolute atomic E-state index is 14.2. The summed E-state index contributed by atoms with van der Waals surface area (Å²) in [6.45, 7) is 4.98. The molecule has 0 bridgehead atoms. The van der Waals surface area contributed by atoms with Crippen LogP contribution in [0.15, 0.2) is 41.5 Å². The number of rotatable bonds is 3. The third kappa shape index (κ3) is 3.26. The zero-order valence-corrected chi connectivity index (χ0v) is 21.9. The van der Waals surface area contributed by atoms with Crippen LogP contribution >= 0.6 is 11.6 Å². The molecule has 3 N–H and O–H groups in total. The second kappa shape index (κ2) is 8.36. The predicted octanol–water partition coefficient (Wildman–Crippen LogP) is 5.30. The molecule has 0 aromatic heterocycles. The number of carbonyl (C=O) groups is 3. The van der Waals surface area contributed by atoms with E-state index in [4.69, 9.17) is 21.1 Å². The van der Waals surface area contributed by atoms with Crippen molar-refractivity contribution in [3.05, 3.63) is 74.3 Å². The van der Waals surface area contributed by atoms with Crippen molar-refractivity contribution in [3.63, 3.8) is 0 Å². The van der Waals surface area contributed by atoms with Gasteiger partial charge in [0.25, 0.3) is 0 Å². The molecule has 0 fully saturated rings. The van der Waals surface area contributed by atoms with Crippen molar-refractivity contribution in [1.82, 2.24) is 0 Å². The summed E-state index contributed by atoms with van der Waals surface area (Å²) >= 11 is 6.51. The van der Waals surface area contributed by atoms with Gasteiger partial charge in [-0.3, -0.25) is 14.4 Å². The van der Waals surface area contributed by atoms with E-state index in [1.807, 2.05) is 0 Å².